The number of H-pyrrole nitrogens is 1. The molecular weight excluding hydrogens is 408 g/mol. The van der Waals surface area contributed by atoms with Crippen molar-refractivity contribution in [3.63, 3.8) is 0 Å². The molecule has 8 nitrogen and oxygen atoms in total. The summed E-state index contributed by atoms with van der Waals surface area (Å²) in [5, 5.41) is 12.9. The van der Waals surface area contributed by atoms with Crippen molar-refractivity contribution in [2.24, 2.45) is 0 Å². The number of para-hydroxylation sites is 1. The number of fused-ring (bicyclic) bond motifs is 2. The lowest BCUT2D eigenvalue weighted by Crippen LogP contribution is -2.45. The van der Waals surface area contributed by atoms with Crippen LogP contribution in [-0.4, -0.2) is 41.2 Å². The number of aromatic nitrogens is 4. The van der Waals surface area contributed by atoms with Crippen LogP contribution in [0.4, 0.5) is 11.5 Å². The van der Waals surface area contributed by atoms with E-state index in [1.54, 1.807) is 23.7 Å². The van der Waals surface area contributed by atoms with Crippen LogP contribution in [-0.2, 0) is 16.4 Å². The highest BCUT2D eigenvalue weighted by Gasteiger charge is 2.34. The summed E-state index contributed by atoms with van der Waals surface area (Å²) in [6, 6.07) is 10.9. The van der Waals surface area contributed by atoms with Gasteiger partial charge in [-0.1, -0.05) is 24.3 Å². The zero-order valence-electron chi connectivity index (χ0n) is 15.5. The Labute approximate surface area is 171 Å². The van der Waals surface area contributed by atoms with Gasteiger partial charge in [-0.3, -0.25) is 9.40 Å². The Kier molecular flexibility index (Phi) is 4.25. The number of thiophene rings is 1. The largest absolute Gasteiger partial charge is 0.364 e. The molecule has 1 aliphatic heterocycles. The molecule has 148 valence electrons. The van der Waals surface area contributed by atoms with E-state index >= 15 is 0 Å². The lowest BCUT2D eigenvalue weighted by atomic mass is 9.99. The average molecular weight is 427 g/mol. The second-order valence-corrected chi connectivity index (χ2v) is 9.93. The van der Waals surface area contributed by atoms with Crippen molar-refractivity contribution in [3.05, 3.63) is 59.4 Å². The first kappa shape index (κ1) is 18.1. The standard InChI is InChI=1S/C19H18N6O2S2/c1-12-21-18(15-10-20-24-19(15)22-12)23-14-9-13-5-2-3-6-16(13)25(11-14)29(26,27)17-7-4-8-28-17/h2-8,10,14H,9,11H2,1H3,(H2,20,21,22,23,24). The number of nitrogens with one attached hydrogen (secondary N) is 2. The van der Waals surface area contributed by atoms with Gasteiger partial charge in [0.05, 0.1) is 29.9 Å². The highest BCUT2D eigenvalue weighted by molar-refractivity contribution is 7.94. The molecule has 10 heteroatoms. The van der Waals surface area contributed by atoms with Gasteiger partial charge in [-0.2, -0.15) is 5.10 Å². The van der Waals surface area contributed by atoms with Gasteiger partial charge in [-0.05, 0) is 36.4 Å². The van der Waals surface area contributed by atoms with Gasteiger partial charge in [-0.25, -0.2) is 18.4 Å². The van der Waals surface area contributed by atoms with Gasteiger partial charge in [0.2, 0.25) is 0 Å². The van der Waals surface area contributed by atoms with Crippen molar-refractivity contribution in [1.82, 2.24) is 20.2 Å². The predicted molar refractivity (Wildman–Crippen MR) is 113 cm³/mol. The molecule has 1 unspecified atom stereocenters. The maximum Gasteiger partial charge on any atom is 0.273 e. The Morgan fingerprint density at radius 3 is 2.90 bits per heavy atom. The maximum atomic E-state index is 13.3. The molecule has 4 aromatic rings. The first-order chi connectivity index (χ1) is 14.0. The quantitative estimate of drug-likeness (QED) is 0.520. The molecule has 3 aromatic heterocycles. The first-order valence-electron chi connectivity index (χ1n) is 9.11. The summed E-state index contributed by atoms with van der Waals surface area (Å²) in [7, 11) is -3.64. The van der Waals surface area contributed by atoms with Crippen LogP contribution in [0.1, 0.15) is 11.4 Å². The van der Waals surface area contributed by atoms with E-state index in [4.69, 9.17) is 0 Å². The van der Waals surface area contributed by atoms with E-state index < -0.39 is 10.0 Å². The number of anilines is 2. The molecule has 0 aliphatic carbocycles. The molecule has 29 heavy (non-hydrogen) atoms. The number of hydrogen-bond donors (Lipinski definition) is 2. The van der Waals surface area contributed by atoms with Crippen LogP contribution >= 0.6 is 11.3 Å². The van der Waals surface area contributed by atoms with Crippen LogP contribution in [0.5, 0.6) is 0 Å². The number of aromatic amines is 1. The molecular formula is C19H18N6O2S2. The molecule has 1 aliphatic rings. The van der Waals surface area contributed by atoms with E-state index in [0.717, 1.165) is 16.6 Å². The molecule has 0 amide bonds. The minimum atomic E-state index is -3.64. The summed E-state index contributed by atoms with van der Waals surface area (Å²) >= 11 is 1.23. The van der Waals surface area contributed by atoms with Crippen molar-refractivity contribution in [2.45, 2.75) is 23.6 Å². The lowest BCUT2D eigenvalue weighted by Gasteiger charge is -2.35. The van der Waals surface area contributed by atoms with Crippen molar-refractivity contribution in [3.8, 4) is 0 Å². The number of rotatable bonds is 4. The van der Waals surface area contributed by atoms with E-state index in [9.17, 15) is 8.42 Å². The van der Waals surface area contributed by atoms with E-state index in [1.165, 1.54) is 15.6 Å². The van der Waals surface area contributed by atoms with E-state index in [1.807, 2.05) is 31.2 Å². The van der Waals surface area contributed by atoms with Crippen LogP contribution < -0.4 is 9.62 Å². The second-order valence-electron chi connectivity index (χ2n) is 6.89. The molecule has 0 saturated heterocycles. The zero-order valence-corrected chi connectivity index (χ0v) is 17.2. The summed E-state index contributed by atoms with van der Waals surface area (Å²) in [6.45, 7) is 2.12. The number of benzene rings is 1. The van der Waals surface area contributed by atoms with Gasteiger partial charge >= 0.3 is 0 Å². The van der Waals surface area contributed by atoms with Crippen molar-refractivity contribution in [2.75, 3.05) is 16.2 Å². The molecule has 0 spiro atoms. The third-order valence-corrected chi connectivity index (χ3v) is 8.07. The van der Waals surface area contributed by atoms with Gasteiger partial charge in [-0.15, -0.1) is 11.3 Å². The van der Waals surface area contributed by atoms with Crippen LogP contribution in [0.2, 0.25) is 0 Å². The van der Waals surface area contributed by atoms with Gasteiger partial charge in [0, 0.05) is 0 Å². The number of aryl methyl sites for hydroxylation is 1. The molecule has 2 N–H and O–H groups in total. The smallest absolute Gasteiger partial charge is 0.273 e. The van der Waals surface area contributed by atoms with Crippen molar-refractivity contribution >= 4 is 43.9 Å². The third kappa shape index (κ3) is 3.14. The van der Waals surface area contributed by atoms with E-state index in [0.29, 0.717) is 34.5 Å². The predicted octanol–water partition coefficient (Wildman–Crippen LogP) is 2.95. The molecule has 0 radical (unpaired) electrons. The SMILES string of the molecule is Cc1nc(NC2Cc3ccccc3N(S(=O)(=O)c3cccs3)C2)c2cn[nH]c2n1. The first-order valence-corrected chi connectivity index (χ1v) is 11.4. The topological polar surface area (TPSA) is 104 Å². The summed E-state index contributed by atoms with van der Waals surface area (Å²) in [6.07, 6.45) is 2.36. The summed E-state index contributed by atoms with van der Waals surface area (Å²) in [5.74, 6) is 1.27. The third-order valence-electron chi connectivity index (χ3n) is 4.91. The molecule has 0 saturated carbocycles. The van der Waals surface area contributed by atoms with E-state index in [-0.39, 0.29) is 6.04 Å². The van der Waals surface area contributed by atoms with Crippen LogP contribution in [0.15, 0.2) is 52.2 Å². The Morgan fingerprint density at radius 1 is 1.21 bits per heavy atom. The van der Waals surface area contributed by atoms with Crippen molar-refractivity contribution in [1.29, 1.82) is 0 Å². The molecule has 0 fully saturated rings. The van der Waals surface area contributed by atoms with Crippen LogP contribution in [0, 0.1) is 6.92 Å². The molecule has 4 heterocycles. The van der Waals surface area contributed by atoms with Crippen molar-refractivity contribution < 1.29 is 8.42 Å². The van der Waals surface area contributed by atoms with Gasteiger partial charge < -0.3 is 5.32 Å². The van der Waals surface area contributed by atoms with Gasteiger partial charge in [0.1, 0.15) is 15.9 Å². The van der Waals surface area contributed by atoms with Gasteiger partial charge in [0.15, 0.2) is 5.65 Å². The fraction of sp³-hybridized carbons (Fsp3) is 0.211. The maximum absolute atomic E-state index is 13.3. The minimum absolute atomic E-state index is 0.146. The summed E-state index contributed by atoms with van der Waals surface area (Å²) < 4.78 is 28.4. The second kappa shape index (κ2) is 6.82. The normalized spacial score (nSPS) is 16.7. The van der Waals surface area contributed by atoms with Gasteiger partial charge in [0.25, 0.3) is 10.0 Å². The molecule has 5 rings (SSSR count). The fourth-order valence-corrected chi connectivity index (χ4v) is 6.30. The number of nitrogens with zero attached hydrogens (tertiary/aromatic N) is 4. The zero-order chi connectivity index (χ0) is 20.0. The number of sulfonamides is 1. The van der Waals surface area contributed by atoms with Crippen LogP contribution in [0.3, 0.4) is 0 Å². The Morgan fingerprint density at radius 2 is 2.07 bits per heavy atom. The highest BCUT2D eigenvalue weighted by atomic mass is 32.2. The highest BCUT2D eigenvalue weighted by Crippen LogP contribution is 2.34. The Bertz CT molecular complexity index is 1280. The van der Waals surface area contributed by atoms with Crippen LogP contribution in [0.25, 0.3) is 11.0 Å². The lowest BCUT2D eigenvalue weighted by molar-refractivity contribution is 0.582. The minimum Gasteiger partial charge on any atom is -0.364 e. The Balaban J connectivity index is 1.54. The Hall–Kier alpha value is -2.98. The fourth-order valence-electron chi connectivity index (χ4n) is 3.65. The molecule has 0 bridgehead atoms. The summed E-state index contributed by atoms with van der Waals surface area (Å²) in [5.41, 5.74) is 2.36. The molecule has 1 atom stereocenters. The number of hydrogen-bond acceptors (Lipinski definition) is 7. The summed E-state index contributed by atoms with van der Waals surface area (Å²) in [4.78, 5) is 8.85. The van der Waals surface area contributed by atoms with E-state index in [2.05, 4.69) is 25.5 Å². The average Bonchev–Trinajstić information content (AvgIpc) is 3.39. The monoisotopic (exact) mass is 426 g/mol. The molecule has 1 aromatic carbocycles.